The Morgan fingerprint density at radius 2 is 1.42 bits per heavy atom. The van der Waals surface area contributed by atoms with Crippen LogP contribution in [0.4, 0.5) is 0 Å². The molecular formula is C42H64O6. The van der Waals surface area contributed by atoms with E-state index < -0.39 is 16.8 Å². The zero-order valence-electron chi connectivity index (χ0n) is 31.8. The molecule has 3 aliphatic rings. The maximum Gasteiger partial charge on any atom is 0.302 e. The number of hydrogen-bond donors (Lipinski definition) is 2. The van der Waals surface area contributed by atoms with Gasteiger partial charge in [-0.3, -0.25) is 9.59 Å². The Morgan fingerprint density at radius 1 is 0.833 bits per heavy atom. The van der Waals surface area contributed by atoms with E-state index in [1.54, 1.807) is 0 Å². The molecule has 0 radical (unpaired) electrons. The molecule has 0 bridgehead atoms. The van der Waals surface area contributed by atoms with Gasteiger partial charge in [0.2, 0.25) is 0 Å². The molecule has 0 amide bonds. The number of aliphatic hydroxyl groups is 2. The Labute approximate surface area is 291 Å². The third kappa shape index (κ3) is 10.0. The number of fused-ring (bicyclic) bond motifs is 1. The minimum atomic E-state index is -0.998. The highest BCUT2D eigenvalue weighted by molar-refractivity contribution is 5.96. The van der Waals surface area contributed by atoms with Gasteiger partial charge in [-0.05, 0) is 108 Å². The number of hydrogen-bond acceptors (Lipinski definition) is 6. The fourth-order valence-electron chi connectivity index (χ4n) is 8.50. The maximum atomic E-state index is 13.1. The molecule has 268 valence electrons. The van der Waals surface area contributed by atoms with Gasteiger partial charge in [0.05, 0.1) is 17.3 Å². The largest absolute Gasteiger partial charge is 0.462 e. The maximum absolute atomic E-state index is 13.1. The number of rotatable bonds is 14. The van der Waals surface area contributed by atoms with E-state index >= 15 is 0 Å². The fraction of sp³-hybridized carbons (Fsp3) is 0.667. The number of aliphatic hydroxyl groups excluding tert-OH is 1. The molecule has 1 heterocycles. The average Bonchev–Trinajstić information content (AvgIpc) is 3.53. The lowest BCUT2D eigenvalue weighted by molar-refractivity contribution is -0.152. The first-order valence-electron chi connectivity index (χ1n) is 18.0. The summed E-state index contributed by atoms with van der Waals surface area (Å²) in [6.45, 7) is 22.1. The molecule has 3 rings (SSSR count). The Kier molecular flexibility index (Phi) is 12.9. The summed E-state index contributed by atoms with van der Waals surface area (Å²) in [5.74, 6) is -0.155. The molecule has 2 aliphatic carbocycles. The molecule has 0 spiro atoms. The minimum Gasteiger partial charge on any atom is -0.462 e. The van der Waals surface area contributed by atoms with Crippen molar-refractivity contribution in [1.29, 1.82) is 0 Å². The lowest BCUT2D eigenvalue weighted by Crippen LogP contribution is -2.48. The molecule has 6 heteroatoms. The van der Waals surface area contributed by atoms with Crippen LogP contribution in [0.3, 0.4) is 0 Å². The van der Waals surface area contributed by atoms with Crippen LogP contribution in [0.25, 0.3) is 0 Å². The van der Waals surface area contributed by atoms with Gasteiger partial charge in [-0.2, -0.15) is 0 Å². The summed E-state index contributed by atoms with van der Waals surface area (Å²) in [5, 5.41) is 21.5. The second-order valence-corrected chi connectivity index (χ2v) is 16.8. The van der Waals surface area contributed by atoms with Crippen LogP contribution in [-0.2, 0) is 19.1 Å². The van der Waals surface area contributed by atoms with Gasteiger partial charge in [0.15, 0.2) is 5.78 Å². The molecule has 2 N–H and O–H groups in total. The Morgan fingerprint density at radius 3 is 1.96 bits per heavy atom. The van der Waals surface area contributed by atoms with Gasteiger partial charge in [0.25, 0.3) is 0 Å². The normalized spacial score (nSPS) is 33.1. The fourth-order valence-corrected chi connectivity index (χ4v) is 8.50. The molecule has 1 saturated heterocycles. The van der Waals surface area contributed by atoms with Crippen LogP contribution in [0.1, 0.15) is 140 Å². The minimum absolute atomic E-state index is 0.143. The topological polar surface area (TPSA) is 96.4 Å². The molecule has 0 aromatic heterocycles. The van der Waals surface area contributed by atoms with Crippen LogP contribution in [0.5, 0.6) is 0 Å². The number of allylic oxidation sites excluding steroid dienone is 11. The van der Waals surface area contributed by atoms with Crippen LogP contribution < -0.4 is 0 Å². The first-order valence-corrected chi connectivity index (χ1v) is 18.0. The predicted octanol–water partition coefficient (Wildman–Crippen LogP) is 9.38. The van der Waals surface area contributed by atoms with Gasteiger partial charge in [0, 0.05) is 26.2 Å². The highest BCUT2D eigenvalue weighted by atomic mass is 16.6. The summed E-state index contributed by atoms with van der Waals surface area (Å²) >= 11 is 0. The van der Waals surface area contributed by atoms with Crippen molar-refractivity contribution in [2.45, 2.75) is 169 Å². The van der Waals surface area contributed by atoms with Crippen LogP contribution in [0, 0.1) is 10.8 Å². The van der Waals surface area contributed by atoms with E-state index in [4.69, 9.17) is 9.47 Å². The number of epoxide rings is 1. The SMILES string of the molecule is CC(=O)O[C@H]1CC(C)(C)C(=CC/C(C)=C/CC\C(C)=C/C=C/C=C(/C)CC/C=C(\C)C(=O)C[C@@]23O[C@]2(C)C[C@@H](O)CC3(C)C)[C@](C)(O)C1. The summed E-state index contributed by atoms with van der Waals surface area (Å²) < 4.78 is 11.7. The molecule has 0 unspecified atom stereocenters. The monoisotopic (exact) mass is 664 g/mol. The van der Waals surface area contributed by atoms with Crippen molar-refractivity contribution in [1.82, 2.24) is 0 Å². The van der Waals surface area contributed by atoms with Gasteiger partial charge >= 0.3 is 5.97 Å². The third-order valence-corrected chi connectivity index (χ3v) is 11.1. The summed E-state index contributed by atoms with van der Waals surface area (Å²) in [6.07, 6.45) is 21.6. The second kappa shape index (κ2) is 15.6. The van der Waals surface area contributed by atoms with Gasteiger partial charge in [-0.1, -0.05) is 86.9 Å². The van der Waals surface area contributed by atoms with Gasteiger partial charge in [-0.15, -0.1) is 0 Å². The van der Waals surface area contributed by atoms with Crippen LogP contribution in [0.15, 0.2) is 70.4 Å². The zero-order chi connectivity index (χ0) is 36.1. The molecule has 5 atom stereocenters. The predicted molar refractivity (Wildman–Crippen MR) is 195 cm³/mol. The molecule has 0 aromatic rings. The molecule has 1 aliphatic heterocycles. The first-order chi connectivity index (χ1) is 22.1. The van der Waals surface area contributed by atoms with Crippen molar-refractivity contribution in [3.63, 3.8) is 0 Å². The summed E-state index contributed by atoms with van der Waals surface area (Å²) in [5.41, 5.74) is 3.32. The lowest BCUT2D eigenvalue weighted by atomic mass is 9.61. The number of ketones is 1. The molecule has 3 fully saturated rings. The van der Waals surface area contributed by atoms with Gasteiger partial charge < -0.3 is 19.7 Å². The second-order valence-electron chi connectivity index (χ2n) is 16.8. The molecule has 48 heavy (non-hydrogen) atoms. The highest BCUT2D eigenvalue weighted by Gasteiger charge is 2.76. The highest BCUT2D eigenvalue weighted by Crippen LogP contribution is 2.67. The average molecular weight is 665 g/mol. The van der Waals surface area contributed by atoms with Crippen molar-refractivity contribution in [2.24, 2.45) is 10.8 Å². The van der Waals surface area contributed by atoms with Crippen LogP contribution in [0.2, 0.25) is 0 Å². The van der Waals surface area contributed by atoms with Gasteiger partial charge in [0.1, 0.15) is 11.7 Å². The van der Waals surface area contributed by atoms with Crippen molar-refractivity contribution >= 4 is 11.8 Å². The number of carbonyl (C=O) groups excluding carboxylic acids is 2. The van der Waals surface area contributed by atoms with Crippen LogP contribution in [-0.4, -0.2) is 51.0 Å². The zero-order valence-corrected chi connectivity index (χ0v) is 31.8. The van der Waals surface area contributed by atoms with E-state index in [0.29, 0.717) is 32.1 Å². The van der Waals surface area contributed by atoms with E-state index in [-0.39, 0.29) is 34.8 Å². The third-order valence-electron chi connectivity index (χ3n) is 11.1. The van der Waals surface area contributed by atoms with E-state index in [2.05, 4.69) is 91.0 Å². The van der Waals surface area contributed by atoms with E-state index in [1.807, 2.05) is 20.8 Å². The Bertz CT molecular complexity index is 1360. The first kappa shape index (κ1) is 39.9. The van der Waals surface area contributed by atoms with Crippen molar-refractivity contribution in [2.75, 3.05) is 0 Å². The lowest BCUT2D eigenvalue weighted by Gasteiger charge is -2.46. The smallest absolute Gasteiger partial charge is 0.302 e. The number of esters is 1. The van der Waals surface area contributed by atoms with E-state index in [0.717, 1.165) is 43.3 Å². The van der Waals surface area contributed by atoms with Crippen molar-refractivity contribution in [3.05, 3.63) is 70.4 Å². The van der Waals surface area contributed by atoms with Gasteiger partial charge in [-0.25, -0.2) is 0 Å². The summed E-state index contributed by atoms with van der Waals surface area (Å²) in [4.78, 5) is 24.6. The molecular weight excluding hydrogens is 600 g/mol. The van der Waals surface area contributed by atoms with Crippen molar-refractivity contribution < 1.29 is 29.3 Å². The number of ether oxygens (including phenoxy) is 2. The molecule has 2 saturated carbocycles. The summed E-state index contributed by atoms with van der Waals surface area (Å²) in [6, 6.07) is 0. The van der Waals surface area contributed by atoms with Crippen molar-refractivity contribution in [3.8, 4) is 0 Å². The Hall–Kier alpha value is -2.54. The van der Waals surface area contributed by atoms with Crippen LogP contribution >= 0.6 is 0 Å². The quantitative estimate of drug-likeness (QED) is 0.0632. The van der Waals surface area contributed by atoms with E-state index in [9.17, 15) is 19.8 Å². The molecule has 6 nitrogen and oxygen atoms in total. The number of carbonyl (C=O) groups is 2. The standard InChI is InChI=1S/C42H64O6/c1-29(18-14-19-31(3)22-23-37-38(6,7)26-35(47-33(5)43)27-40(37,10)46)16-12-13-17-30(2)20-15-21-32(4)36(45)28-42-39(8,9)24-34(44)25-41(42,11)48-42/h12-13,16-17,19,21,23,34-35,44,46H,14-15,18,20,22,24-28H2,1-11H3/b13-12+,29-16-,30-17-,31-19+,32-21+,37-23?/t34-,35-,40+,41+,42-/m0/s1. The number of Topliss-reactive ketones (excluding diaryl/α,β-unsaturated/α-hetero) is 1. The Balaban J connectivity index is 1.42. The van der Waals surface area contributed by atoms with E-state index in [1.165, 1.54) is 23.6 Å². The molecule has 0 aromatic carbocycles. The summed E-state index contributed by atoms with van der Waals surface area (Å²) in [7, 11) is 0.